The summed E-state index contributed by atoms with van der Waals surface area (Å²) in [5.74, 6) is -1.11. The maximum absolute atomic E-state index is 5.34. The Bertz CT molecular complexity index is 162. The van der Waals surface area contributed by atoms with Gasteiger partial charge in [-0.3, -0.25) is 0 Å². The molecule has 0 aromatic carbocycles. The van der Waals surface area contributed by atoms with Crippen LogP contribution >= 0.6 is 18.0 Å². The lowest BCUT2D eigenvalue weighted by atomic mass is 10.5. The van der Waals surface area contributed by atoms with E-state index in [2.05, 4.69) is 13.9 Å². The molecule has 14 heavy (non-hydrogen) atoms. The van der Waals surface area contributed by atoms with Crippen LogP contribution < -0.4 is 0 Å². The van der Waals surface area contributed by atoms with E-state index >= 15 is 0 Å². The van der Waals surface area contributed by atoms with E-state index in [1.54, 1.807) is 0 Å². The van der Waals surface area contributed by atoms with Crippen molar-refractivity contribution in [3.63, 3.8) is 0 Å². The predicted molar refractivity (Wildman–Crippen MR) is 58.0 cm³/mol. The Morgan fingerprint density at radius 1 is 1.29 bits per heavy atom. The lowest BCUT2D eigenvalue weighted by Gasteiger charge is -2.29. The minimum absolute atomic E-state index is 0.185. The molecule has 0 N–H and O–H groups in total. The smallest absolute Gasteiger partial charge is 0.308 e. The van der Waals surface area contributed by atoms with Gasteiger partial charge in [-0.15, -0.1) is 0 Å². The van der Waals surface area contributed by atoms with Crippen molar-refractivity contribution in [2.45, 2.75) is 19.8 Å². The lowest BCUT2D eigenvalue weighted by Crippen LogP contribution is -2.42. The summed E-state index contributed by atoms with van der Waals surface area (Å²) in [5, 5.41) is 0. The Kier molecular flexibility index (Phi) is 8.89. The fourth-order valence-corrected chi connectivity index (χ4v) is 1.37. The summed E-state index contributed by atoms with van der Waals surface area (Å²) in [6.45, 7) is 4.90. The average Bonchev–Trinajstić information content (AvgIpc) is 2.19. The van der Waals surface area contributed by atoms with Crippen LogP contribution in [0.15, 0.2) is 4.52 Å². The first kappa shape index (κ1) is 14.4. The highest BCUT2D eigenvalue weighted by molar-refractivity contribution is 7.31. The topological polar surface area (TPSA) is 49.3 Å². The maximum atomic E-state index is 5.34. The average molecular weight is 241 g/mol. The molecule has 1 atom stereocenters. The van der Waals surface area contributed by atoms with Crippen LogP contribution in [0, 0.1) is 0 Å². The molecule has 1 unspecified atom stereocenters. The molecular weight excluding hydrogens is 224 g/mol. The van der Waals surface area contributed by atoms with E-state index < -0.39 is 5.97 Å². The summed E-state index contributed by atoms with van der Waals surface area (Å²) < 4.78 is 24.7. The summed E-state index contributed by atoms with van der Waals surface area (Å²) in [4.78, 5) is 0. The van der Waals surface area contributed by atoms with Crippen molar-refractivity contribution in [2.75, 3.05) is 26.9 Å². The molecule has 0 amide bonds. The molecule has 0 fully saturated rings. The second-order valence-electron chi connectivity index (χ2n) is 2.22. The third kappa shape index (κ3) is 5.30. The minimum Gasteiger partial charge on any atom is -0.329 e. The molecule has 0 aliphatic carbocycles. The van der Waals surface area contributed by atoms with Crippen molar-refractivity contribution >= 4 is 18.0 Å². The Morgan fingerprint density at radius 2 is 1.86 bits per heavy atom. The zero-order valence-corrected chi connectivity index (χ0v) is 10.8. The van der Waals surface area contributed by atoms with Crippen molar-refractivity contribution in [1.29, 1.82) is 0 Å². The van der Waals surface area contributed by atoms with E-state index in [0.717, 1.165) is 0 Å². The highest BCUT2D eigenvalue weighted by Crippen LogP contribution is 2.18. The molecule has 0 heterocycles. The third-order valence-corrected chi connectivity index (χ3v) is 2.01. The summed E-state index contributed by atoms with van der Waals surface area (Å²) in [7, 11) is 4.22. The lowest BCUT2D eigenvalue weighted by molar-refractivity contribution is -0.376. The molecule has 0 aliphatic rings. The van der Waals surface area contributed by atoms with Crippen molar-refractivity contribution < 1.29 is 18.7 Å². The number of ether oxygens (including phenoxy) is 3. The van der Waals surface area contributed by atoms with Gasteiger partial charge in [0.2, 0.25) is 0 Å². The summed E-state index contributed by atoms with van der Waals surface area (Å²) in [6, 6.07) is 0. The molecule has 0 radical (unpaired) electrons. The minimum atomic E-state index is -1.11. The van der Waals surface area contributed by atoms with Crippen LogP contribution in [0.3, 0.4) is 0 Å². The number of methoxy groups -OCH3 is 1. The molecule has 5 nitrogen and oxygen atoms in total. The predicted octanol–water partition coefficient (Wildman–Crippen LogP) is 2.21. The van der Waals surface area contributed by atoms with Crippen molar-refractivity contribution in [1.82, 2.24) is 0 Å². The van der Waals surface area contributed by atoms with E-state index in [9.17, 15) is 0 Å². The van der Waals surface area contributed by atoms with E-state index in [1.807, 2.05) is 13.8 Å². The van der Waals surface area contributed by atoms with Gasteiger partial charge in [-0.1, -0.05) is 0 Å². The monoisotopic (exact) mass is 241 g/mol. The Hall–Kier alpha value is 0.370. The number of nitrogens with zero attached hydrogens (tertiary/aromatic N) is 1. The van der Waals surface area contributed by atoms with E-state index in [0.29, 0.717) is 21.8 Å². The second-order valence-corrected chi connectivity index (χ2v) is 3.57. The molecule has 0 bridgehead atoms. The first-order valence-corrected chi connectivity index (χ1v) is 5.58. The fraction of sp³-hybridized carbons (Fsp3) is 1.00. The quantitative estimate of drug-likeness (QED) is 0.483. The van der Waals surface area contributed by atoms with Gasteiger partial charge in [-0.25, -0.2) is 4.52 Å². The van der Waals surface area contributed by atoms with E-state index in [4.69, 9.17) is 18.7 Å². The van der Waals surface area contributed by atoms with Gasteiger partial charge in [0.1, 0.15) is 6.61 Å². The zero-order valence-electron chi connectivity index (χ0n) is 8.73. The van der Waals surface area contributed by atoms with Crippen LogP contribution in [0.4, 0.5) is 0 Å². The molecule has 0 saturated carbocycles. The second kappa shape index (κ2) is 8.66. The van der Waals surface area contributed by atoms with Crippen LogP contribution in [-0.4, -0.2) is 32.9 Å². The molecule has 0 aromatic heterocycles. The molecule has 84 valence electrons. The van der Waals surface area contributed by atoms with Crippen molar-refractivity contribution in [3.8, 4) is 0 Å². The van der Waals surface area contributed by atoms with Gasteiger partial charge >= 0.3 is 5.97 Å². The van der Waals surface area contributed by atoms with Crippen LogP contribution in [0.5, 0.6) is 0 Å². The SMILES string of the molecule is CCOC(COP=NP)(OC)OCC. The molecular formula is C7H17NO4P2. The third-order valence-electron chi connectivity index (χ3n) is 1.39. The van der Waals surface area contributed by atoms with Gasteiger partial charge in [0, 0.05) is 20.3 Å². The van der Waals surface area contributed by atoms with Gasteiger partial charge in [0.25, 0.3) is 0 Å². The largest absolute Gasteiger partial charge is 0.329 e. The molecule has 0 saturated heterocycles. The zero-order chi connectivity index (χ0) is 10.9. The fourth-order valence-electron chi connectivity index (χ4n) is 0.883. The number of hydrogen-bond acceptors (Lipinski definition) is 5. The van der Waals surface area contributed by atoms with Crippen LogP contribution in [-0.2, 0) is 18.7 Å². The Morgan fingerprint density at radius 3 is 2.21 bits per heavy atom. The van der Waals surface area contributed by atoms with Gasteiger partial charge in [-0.2, -0.15) is 0 Å². The van der Waals surface area contributed by atoms with Crippen molar-refractivity contribution in [2.24, 2.45) is 4.52 Å². The van der Waals surface area contributed by atoms with Crippen LogP contribution in [0.2, 0.25) is 0 Å². The Labute approximate surface area is 88.7 Å². The van der Waals surface area contributed by atoms with Crippen molar-refractivity contribution in [3.05, 3.63) is 0 Å². The molecule has 0 aliphatic heterocycles. The summed E-state index contributed by atoms with van der Waals surface area (Å²) in [5.41, 5.74) is 0. The van der Waals surface area contributed by atoms with Crippen LogP contribution in [0.1, 0.15) is 13.8 Å². The first-order chi connectivity index (χ1) is 6.74. The van der Waals surface area contributed by atoms with Gasteiger partial charge < -0.3 is 18.7 Å². The molecule has 0 rings (SSSR count). The highest BCUT2D eigenvalue weighted by Gasteiger charge is 2.32. The standard InChI is InChI=1S/C7H17NO4P2/c1-4-10-7(9-3,11-5-2)6-12-14-8-13/h4-6,13H2,1-3H3. The van der Waals surface area contributed by atoms with E-state index in [1.165, 1.54) is 7.11 Å². The van der Waals surface area contributed by atoms with E-state index in [-0.39, 0.29) is 6.61 Å². The molecule has 0 spiro atoms. The number of rotatable bonds is 8. The molecule has 7 heteroatoms. The normalized spacial score (nSPS) is 12.6. The maximum Gasteiger partial charge on any atom is 0.308 e. The number of hydrogen-bond donors (Lipinski definition) is 0. The summed E-state index contributed by atoms with van der Waals surface area (Å²) in [6.07, 6.45) is 0. The first-order valence-electron chi connectivity index (χ1n) is 4.30. The van der Waals surface area contributed by atoms with Crippen LogP contribution in [0.25, 0.3) is 0 Å². The van der Waals surface area contributed by atoms with Gasteiger partial charge in [-0.05, 0) is 23.2 Å². The highest BCUT2D eigenvalue weighted by atomic mass is 31.1. The van der Waals surface area contributed by atoms with Gasteiger partial charge in [0.15, 0.2) is 8.60 Å². The Balaban J connectivity index is 4.16. The summed E-state index contributed by atoms with van der Waals surface area (Å²) >= 11 is 0. The van der Waals surface area contributed by atoms with Gasteiger partial charge in [0.05, 0.1) is 0 Å². The molecule has 0 aromatic rings.